The van der Waals surface area contributed by atoms with Crippen molar-refractivity contribution in [3.05, 3.63) is 46.2 Å². The smallest absolute Gasteiger partial charge is 0.229 e. The summed E-state index contributed by atoms with van der Waals surface area (Å²) in [5.74, 6) is 0.130. The van der Waals surface area contributed by atoms with E-state index in [1.165, 1.54) is 0 Å². The van der Waals surface area contributed by atoms with Gasteiger partial charge in [0.1, 0.15) is 0 Å². The normalized spacial score (nSPS) is 18.4. The molecule has 1 aliphatic heterocycles. The molecule has 1 amide bonds. The molecule has 1 unspecified atom stereocenters. The van der Waals surface area contributed by atoms with Crippen LogP contribution in [0.25, 0.3) is 0 Å². The van der Waals surface area contributed by atoms with Crippen LogP contribution in [0.1, 0.15) is 23.3 Å². The van der Waals surface area contributed by atoms with Crippen molar-refractivity contribution in [3.63, 3.8) is 0 Å². The van der Waals surface area contributed by atoms with Gasteiger partial charge in [-0.05, 0) is 19.1 Å². The quantitative estimate of drug-likeness (QED) is 0.864. The minimum absolute atomic E-state index is 0.130. The monoisotopic (exact) mass is 317 g/mol. The molecule has 1 saturated heterocycles. The SMILES string of the molecule is CC1COCCN1C(=O)Cc1csc(Cc2ccccn2)n1. The molecular formula is C16H19N3O2S. The lowest BCUT2D eigenvalue weighted by Gasteiger charge is -2.33. The van der Waals surface area contributed by atoms with Crippen LogP contribution < -0.4 is 0 Å². The Morgan fingerprint density at radius 1 is 1.45 bits per heavy atom. The summed E-state index contributed by atoms with van der Waals surface area (Å²) in [6.07, 6.45) is 2.86. The van der Waals surface area contributed by atoms with E-state index in [0.29, 0.717) is 32.6 Å². The van der Waals surface area contributed by atoms with Gasteiger partial charge in [0.05, 0.1) is 36.4 Å². The highest BCUT2D eigenvalue weighted by Gasteiger charge is 2.24. The maximum Gasteiger partial charge on any atom is 0.229 e. The fourth-order valence-electron chi connectivity index (χ4n) is 2.52. The number of carbonyl (C=O) groups excluding carboxylic acids is 1. The van der Waals surface area contributed by atoms with E-state index in [9.17, 15) is 4.79 Å². The minimum atomic E-state index is 0.130. The first kappa shape index (κ1) is 15.1. The highest BCUT2D eigenvalue weighted by Crippen LogP contribution is 2.16. The van der Waals surface area contributed by atoms with Gasteiger partial charge in [-0.15, -0.1) is 11.3 Å². The number of aromatic nitrogens is 2. The molecule has 6 heteroatoms. The molecule has 1 aliphatic rings. The van der Waals surface area contributed by atoms with Gasteiger partial charge in [-0.2, -0.15) is 0 Å². The minimum Gasteiger partial charge on any atom is -0.377 e. The zero-order valence-corrected chi connectivity index (χ0v) is 13.4. The topological polar surface area (TPSA) is 55.3 Å². The van der Waals surface area contributed by atoms with Crippen LogP contribution in [-0.2, 0) is 22.4 Å². The Morgan fingerprint density at radius 3 is 3.14 bits per heavy atom. The summed E-state index contributed by atoms with van der Waals surface area (Å²) in [4.78, 5) is 23.1. The summed E-state index contributed by atoms with van der Waals surface area (Å²) in [5, 5.41) is 2.97. The molecule has 0 aliphatic carbocycles. The van der Waals surface area contributed by atoms with E-state index in [4.69, 9.17) is 4.74 Å². The van der Waals surface area contributed by atoms with Gasteiger partial charge in [0.2, 0.25) is 5.91 Å². The van der Waals surface area contributed by atoms with Gasteiger partial charge in [0.25, 0.3) is 0 Å². The first-order chi connectivity index (χ1) is 10.7. The molecule has 0 N–H and O–H groups in total. The van der Waals surface area contributed by atoms with E-state index < -0.39 is 0 Å². The summed E-state index contributed by atoms with van der Waals surface area (Å²) in [5.41, 5.74) is 1.84. The fourth-order valence-corrected chi connectivity index (χ4v) is 3.33. The van der Waals surface area contributed by atoms with Crippen LogP contribution in [0, 0.1) is 0 Å². The molecular weight excluding hydrogens is 298 g/mol. The highest BCUT2D eigenvalue weighted by atomic mass is 32.1. The van der Waals surface area contributed by atoms with E-state index in [2.05, 4.69) is 9.97 Å². The number of amides is 1. The number of morpholine rings is 1. The molecule has 0 bridgehead atoms. The Kier molecular flexibility index (Phi) is 4.80. The predicted octanol–water partition coefficient (Wildman–Crippen LogP) is 1.92. The Hall–Kier alpha value is -1.79. The molecule has 2 aromatic heterocycles. The summed E-state index contributed by atoms with van der Waals surface area (Å²) >= 11 is 1.59. The van der Waals surface area contributed by atoms with Crippen molar-refractivity contribution >= 4 is 17.2 Å². The summed E-state index contributed by atoms with van der Waals surface area (Å²) in [7, 11) is 0. The van der Waals surface area contributed by atoms with Gasteiger partial charge in [0, 0.05) is 30.2 Å². The van der Waals surface area contributed by atoms with E-state index in [1.54, 1.807) is 17.5 Å². The van der Waals surface area contributed by atoms with E-state index in [-0.39, 0.29) is 11.9 Å². The molecule has 22 heavy (non-hydrogen) atoms. The Labute approximate surface area is 134 Å². The van der Waals surface area contributed by atoms with Crippen LogP contribution in [0.4, 0.5) is 0 Å². The molecule has 116 valence electrons. The zero-order chi connectivity index (χ0) is 15.4. The van der Waals surface area contributed by atoms with E-state index in [0.717, 1.165) is 16.4 Å². The van der Waals surface area contributed by atoms with Crippen molar-refractivity contribution in [2.24, 2.45) is 0 Å². The van der Waals surface area contributed by atoms with Gasteiger partial charge in [-0.1, -0.05) is 6.07 Å². The van der Waals surface area contributed by atoms with Crippen molar-refractivity contribution in [2.45, 2.75) is 25.8 Å². The third-order valence-electron chi connectivity index (χ3n) is 3.68. The van der Waals surface area contributed by atoms with E-state index >= 15 is 0 Å². The Bertz CT molecular complexity index is 629. The van der Waals surface area contributed by atoms with Gasteiger partial charge in [0.15, 0.2) is 0 Å². The number of pyridine rings is 1. The second kappa shape index (κ2) is 6.98. The maximum atomic E-state index is 12.4. The van der Waals surface area contributed by atoms with Crippen molar-refractivity contribution < 1.29 is 9.53 Å². The van der Waals surface area contributed by atoms with Crippen LogP contribution >= 0.6 is 11.3 Å². The lowest BCUT2D eigenvalue weighted by Crippen LogP contribution is -2.47. The lowest BCUT2D eigenvalue weighted by molar-refractivity contribution is -0.138. The molecule has 1 atom stereocenters. The summed E-state index contributed by atoms with van der Waals surface area (Å²) < 4.78 is 5.37. The predicted molar refractivity (Wildman–Crippen MR) is 84.9 cm³/mol. The van der Waals surface area contributed by atoms with Crippen molar-refractivity contribution in [1.29, 1.82) is 0 Å². The second-order valence-electron chi connectivity index (χ2n) is 5.42. The van der Waals surface area contributed by atoms with Gasteiger partial charge < -0.3 is 9.64 Å². The number of thiazole rings is 1. The Balaban J connectivity index is 1.60. The zero-order valence-electron chi connectivity index (χ0n) is 12.6. The van der Waals surface area contributed by atoms with Crippen molar-refractivity contribution in [3.8, 4) is 0 Å². The average molecular weight is 317 g/mol. The third kappa shape index (κ3) is 3.69. The maximum absolute atomic E-state index is 12.4. The number of hydrogen-bond acceptors (Lipinski definition) is 5. The average Bonchev–Trinajstić information content (AvgIpc) is 2.95. The molecule has 3 heterocycles. The number of carbonyl (C=O) groups is 1. The molecule has 2 aromatic rings. The Morgan fingerprint density at radius 2 is 2.36 bits per heavy atom. The first-order valence-electron chi connectivity index (χ1n) is 7.43. The molecule has 0 aromatic carbocycles. The number of nitrogens with zero attached hydrogens (tertiary/aromatic N) is 3. The summed E-state index contributed by atoms with van der Waals surface area (Å²) in [6, 6.07) is 6.01. The molecule has 5 nitrogen and oxygen atoms in total. The molecule has 0 saturated carbocycles. The molecule has 0 spiro atoms. The van der Waals surface area contributed by atoms with Crippen LogP contribution in [-0.4, -0.2) is 46.6 Å². The van der Waals surface area contributed by atoms with Crippen LogP contribution in [0.5, 0.6) is 0 Å². The molecule has 0 radical (unpaired) electrons. The molecule has 3 rings (SSSR count). The number of rotatable bonds is 4. The van der Waals surface area contributed by atoms with Crippen LogP contribution in [0.3, 0.4) is 0 Å². The lowest BCUT2D eigenvalue weighted by atomic mass is 10.2. The third-order valence-corrected chi connectivity index (χ3v) is 4.58. The number of ether oxygens (including phenoxy) is 1. The van der Waals surface area contributed by atoms with Crippen LogP contribution in [0.15, 0.2) is 29.8 Å². The van der Waals surface area contributed by atoms with Crippen molar-refractivity contribution in [1.82, 2.24) is 14.9 Å². The summed E-state index contributed by atoms with van der Waals surface area (Å²) in [6.45, 7) is 3.93. The first-order valence-corrected chi connectivity index (χ1v) is 8.31. The number of hydrogen-bond donors (Lipinski definition) is 0. The van der Waals surface area contributed by atoms with Crippen molar-refractivity contribution in [2.75, 3.05) is 19.8 Å². The van der Waals surface area contributed by atoms with E-state index in [1.807, 2.05) is 35.4 Å². The van der Waals surface area contributed by atoms with Gasteiger partial charge in [-0.3, -0.25) is 9.78 Å². The fraction of sp³-hybridized carbons (Fsp3) is 0.438. The highest BCUT2D eigenvalue weighted by molar-refractivity contribution is 7.09. The second-order valence-corrected chi connectivity index (χ2v) is 6.36. The standard InChI is InChI=1S/C16H19N3O2S/c1-12-10-21-7-6-19(12)16(20)9-14-11-22-15(18-14)8-13-4-2-3-5-17-13/h2-5,11-12H,6-10H2,1H3. The van der Waals surface area contributed by atoms with Gasteiger partial charge in [-0.25, -0.2) is 4.98 Å². The van der Waals surface area contributed by atoms with Gasteiger partial charge >= 0.3 is 0 Å². The largest absolute Gasteiger partial charge is 0.377 e. The molecule has 1 fully saturated rings. The van der Waals surface area contributed by atoms with Crippen LogP contribution in [0.2, 0.25) is 0 Å².